The molecule has 5 rings (SSSR count). The van der Waals surface area contributed by atoms with Crippen LogP contribution in [0, 0.1) is 11.8 Å². The van der Waals surface area contributed by atoms with E-state index in [1.807, 2.05) is 41.3 Å². The van der Waals surface area contributed by atoms with Crippen molar-refractivity contribution in [1.82, 2.24) is 9.88 Å². The molecule has 3 heterocycles. The largest absolute Gasteiger partial charge is 0.370 e. The molecule has 1 aromatic heterocycles. The van der Waals surface area contributed by atoms with Crippen molar-refractivity contribution in [3.63, 3.8) is 0 Å². The van der Waals surface area contributed by atoms with Crippen LogP contribution in [0.4, 0.5) is 11.5 Å². The zero-order valence-electron chi connectivity index (χ0n) is 16.4. The molecule has 1 atom stereocenters. The quantitative estimate of drug-likeness (QED) is 0.820. The number of rotatable bonds is 5. The van der Waals surface area contributed by atoms with Crippen LogP contribution in [0.25, 0.3) is 0 Å². The van der Waals surface area contributed by atoms with Crippen LogP contribution in [0.2, 0.25) is 0 Å². The highest BCUT2D eigenvalue weighted by Crippen LogP contribution is 2.41. The van der Waals surface area contributed by atoms with Crippen LogP contribution in [0.15, 0.2) is 42.6 Å². The Kier molecular flexibility index (Phi) is 4.70. The molecule has 0 spiro atoms. The third kappa shape index (κ3) is 3.71. The molecule has 0 radical (unpaired) electrons. The van der Waals surface area contributed by atoms with Gasteiger partial charge in [0.1, 0.15) is 5.82 Å². The molecule has 1 aliphatic carbocycles. The number of benzene rings is 1. The Labute approximate surface area is 170 Å². The van der Waals surface area contributed by atoms with Gasteiger partial charge in [-0.1, -0.05) is 18.2 Å². The summed E-state index contributed by atoms with van der Waals surface area (Å²) in [4.78, 5) is 31.6. The number of amides is 2. The van der Waals surface area contributed by atoms with Gasteiger partial charge in [-0.3, -0.25) is 9.59 Å². The van der Waals surface area contributed by atoms with E-state index in [2.05, 4.69) is 15.6 Å². The van der Waals surface area contributed by atoms with Gasteiger partial charge >= 0.3 is 0 Å². The summed E-state index contributed by atoms with van der Waals surface area (Å²) in [6.45, 7) is 2.32. The van der Waals surface area contributed by atoms with Crippen molar-refractivity contribution in [3.8, 4) is 0 Å². The van der Waals surface area contributed by atoms with Crippen molar-refractivity contribution >= 4 is 23.3 Å². The van der Waals surface area contributed by atoms with Gasteiger partial charge in [-0.2, -0.15) is 0 Å². The summed E-state index contributed by atoms with van der Waals surface area (Å²) in [6, 6.07) is 11.7. The van der Waals surface area contributed by atoms with Crippen molar-refractivity contribution in [2.45, 2.75) is 31.6 Å². The van der Waals surface area contributed by atoms with Crippen molar-refractivity contribution in [3.05, 3.63) is 53.7 Å². The summed E-state index contributed by atoms with van der Waals surface area (Å²) in [7, 11) is 0. The van der Waals surface area contributed by atoms with E-state index in [-0.39, 0.29) is 23.7 Å². The van der Waals surface area contributed by atoms with Crippen molar-refractivity contribution in [2.24, 2.45) is 11.8 Å². The standard InChI is InChI=1S/C23H26N4O2/c28-22-21(18-3-1-2-4-19(18)26-22)16-9-11-27(12-10-16)23(29)17-7-8-20(25-14-17)24-13-15-5-6-15/h1-4,7-8,14-16,21H,5-6,9-13H2,(H,24,25)(H,26,28). The molecule has 1 unspecified atom stereocenters. The van der Waals surface area contributed by atoms with Crippen LogP contribution >= 0.6 is 0 Å². The topological polar surface area (TPSA) is 74.3 Å². The summed E-state index contributed by atoms with van der Waals surface area (Å²) in [6.07, 6.45) is 5.95. The molecule has 0 bridgehead atoms. The molecule has 2 aromatic rings. The van der Waals surface area contributed by atoms with E-state index >= 15 is 0 Å². The summed E-state index contributed by atoms with van der Waals surface area (Å²) in [5.74, 6) is 1.92. The molecule has 2 N–H and O–H groups in total. The number of para-hydroxylation sites is 1. The molecule has 2 fully saturated rings. The van der Waals surface area contributed by atoms with E-state index in [1.165, 1.54) is 12.8 Å². The van der Waals surface area contributed by atoms with Crippen molar-refractivity contribution < 1.29 is 9.59 Å². The fraction of sp³-hybridized carbons (Fsp3) is 0.435. The summed E-state index contributed by atoms with van der Waals surface area (Å²) in [5.41, 5.74) is 2.66. The Hall–Kier alpha value is -2.89. The van der Waals surface area contributed by atoms with Crippen LogP contribution < -0.4 is 10.6 Å². The molecule has 6 nitrogen and oxygen atoms in total. The number of fused-ring (bicyclic) bond motifs is 1. The second-order valence-corrected chi connectivity index (χ2v) is 8.44. The predicted molar refractivity (Wildman–Crippen MR) is 112 cm³/mol. The highest BCUT2D eigenvalue weighted by molar-refractivity contribution is 6.03. The van der Waals surface area contributed by atoms with Crippen LogP contribution in [0.3, 0.4) is 0 Å². The third-order valence-electron chi connectivity index (χ3n) is 6.41. The third-order valence-corrected chi connectivity index (χ3v) is 6.41. The van der Waals surface area contributed by atoms with Crippen LogP contribution in [0.1, 0.15) is 47.5 Å². The molecule has 1 aromatic carbocycles. The SMILES string of the molecule is O=C1Nc2ccccc2C1C1CCN(C(=O)c2ccc(NCC3CC3)nc2)CC1. The monoisotopic (exact) mass is 390 g/mol. The lowest BCUT2D eigenvalue weighted by molar-refractivity contribution is -0.118. The van der Waals surface area contributed by atoms with Crippen LogP contribution in [-0.4, -0.2) is 41.3 Å². The van der Waals surface area contributed by atoms with Gasteiger partial charge < -0.3 is 15.5 Å². The van der Waals surface area contributed by atoms with Gasteiger partial charge in [-0.05, 0) is 61.3 Å². The molecule has 2 amide bonds. The molecule has 1 saturated carbocycles. The number of pyridine rings is 1. The average Bonchev–Trinajstić information content (AvgIpc) is 3.53. The minimum Gasteiger partial charge on any atom is -0.370 e. The van der Waals surface area contributed by atoms with E-state index < -0.39 is 0 Å². The van der Waals surface area contributed by atoms with Gasteiger partial charge in [0.15, 0.2) is 0 Å². The first kappa shape index (κ1) is 18.2. The lowest BCUT2D eigenvalue weighted by Gasteiger charge is -2.34. The smallest absolute Gasteiger partial charge is 0.255 e. The number of carbonyl (C=O) groups is 2. The number of nitrogens with one attached hydrogen (secondary N) is 2. The first-order chi connectivity index (χ1) is 14.2. The maximum absolute atomic E-state index is 12.9. The zero-order valence-corrected chi connectivity index (χ0v) is 16.4. The lowest BCUT2D eigenvalue weighted by Crippen LogP contribution is -2.40. The fourth-order valence-electron chi connectivity index (χ4n) is 4.52. The van der Waals surface area contributed by atoms with Gasteiger partial charge in [0.2, 0.25) is 5.91 Å². The Bertz CT molecular complexity index is 915. The van der Waals surface area contributed by atoms with Gasteiger partial charge in [-0.25, -0.2) is 4.98 Å². The molecule has 150 valence electrons. The summed E-state index contributed by atoms with van der Waals surface area (Å²) >= 11 is 0. The summed E-state index contributed by atoms with van der Waals surface area (Å²) in [5, 5.41) is 6.32. The second-order valence-electron chi connectivity index (χ2n) is 8.44. The number of hydrogen-bond donors (Lipinski definition) is 2. The molecular weight excluding hydrogens is 364 g/mol. The molecule has 6 heteroatoms. The number of anilines is 2. The fourth-order valence-corrected chi connectivity index (χ4v) is 4.52. The van der Waals surface area contributed by atoms with Crippen molar-refractivity contribution in [2.75, 3.05) is 30.3 Å². The van der Waals surface area contributed by atoms with Crippen molar-refractivity contribution in [1.29, 1.82) is 0 Å². The van der Waals surface area contributed by atoms with E-state index in [9.17, 15) is 9.59 Å². The number of hydrogen-bond acceptors (Lipinski definition) is 4. The first-order valence-electron chi connectivity index (χ1n) is 10.6. The number of nitrogens with zero attached hydrogens (tertiary/aromatic N) is 2. The first-order valence-corrected chi connectivity index (χ1v) is 10.6. The Balaban J connectivity index is 1.19. The number of piperidine rings is 1. The summed E-state index contributed by atoms with van der Waals surface area (Å²) < 4.78 is 0. The maximum Gasteiger partial charge on any atom is 0.255 e. The second kappa shape index (κ2) is 7.50. The average molecular weight is 390 g/mol. The van der Waals surface area contributed by atoms with Gasteiger partial charge in [0.25, 0.3) is 5.91 Å². The van der Waals surface area contributed by atoms with Gasteiger partial charge in [0, 0.05) is 31.5 Å². The lowest BCUT2D eigenvalue weighted by atomic mass is 9.80. The minimum absolute atomic E-state index is 0.0287. The Morgan fingerprint density at radius 3 is 2.62 bits per heavy atom. The van der Waals surface area contributed by atoms with E-state index in [0.29, 0.717) is 18.7 Å². The van der Waals surface area contributed by atoms with E-state index in [1.54, 1.807) is 6.20 Å². The zero-order chi connectivity index (χ0) is 19.8. The van der Waals surface area contributed by atoms with Gasteiger partial charge in [-0.15, -0.1) is 0 Å². The highest BCUT2D eigenvalue weighted by atomic mass is 16.2. The van der Waals surface area contributed by atoms with Gasteiger partial charge in [0.05, 0.1) is 11.5 Å². The predicted octanol–water partition coefficient (Wildman–Crippen LogP) is 3.49. The molecule has 2 aliphatic heterocycles. The van der Waals surface area contributed by atoms with Crippen LogP contribution in [0.5, 0.6) is 0 Å². The van der Waals surface area contributed by atoms with E-state index in [4.69, 9.17) is 0 Å². The molecular formula is C23H26N4O2. The molecule has 29 heavy (non-hydrogen) atoms. The normalized spacial score (nSPS) is 21.6. The number of carbonyl (C=O) groups excluding carboxylic acids is 2. The Morgan fingerprint density at radius 2 is 1.90 bits per heavy atom. The number of aromatic nitrogens is 1. The maximum atomic E-state index is 12.9. The molecule has 1 saturated heterocycles. The number of likely N-dealkylation sites (tertiary alicyclic amines) is 1. The van der Waals surface area contributed by atoms with Crippen LogP contribution in [-0.2, 0) is 4.79 Å². The highest BCUT2D eigenvalue weighted by Gasteiger charge is 2.38. The Morgan fingerprint density at radius 1 is 1.10 bits per heavy atom. The van der Waals surface area contributed by atoms with E-state index in [0.717, 1.165) is 42.4 Å². The minimum atomic E-state index is -0.0954. The molecule has 3 aliphatic rings.